The first kappa shape index (κ1) is 15.9. The maximum atomic E-state index is 5.50. The maximum absolute atomic E-state index is 5.50. The van der Waals surface area contributed by atoms with Crippen LogP contribution < -0.4 is 5.73 Å². The Kier molecular flexibility index (Phi) is 11.2. The highest BCUT2D eigenvalue weighted by Crippen LogP contribution is 2.06. The highest BCUT2D eigenvalue weighted by Gasteiger charge is 2.07. The summed E-state index contributed by atoms with van der Waals surface area (Å²) in [6, 6.07) is 0. The van der Waals surface area contributed by atoms with Gasteiger partial charge < -0.3 is 10.6 Å². The summed E-state index contributed by atoms with van der Waals surface area (Å²) >= 11 is 5.50. The minimum atomic E-state index is 0.784. The average Bonchev–Trinajstić information content (AvgIpc) is 2.29. The Labute approximate surface area is 107 Å². The Balaban J connectivity index is 3.88. The third-order valence-corrected chi connectivity index (χ3v) is 3.22. The Morgan fingerprint density at radius 2 is 1.56 bits per heavy atom. The zero-order valence-corrected chi connectivity index (χ0v) is 11.8. The van der Waals surface area contributed by atoms with Gasteiger partial charge in [-0.15, -0.1) is 0 Å². The molecular formula is C13H28N2S. The number of thiocarbonyl (C=S) groups is 1. The summed E-state index contributed by atoms with van der Waals surface area (Å²) in [5.41, 5.74) is 5.49. The van der Waals surface area contributed by atoms with Crippen LogP contribution in [-0.4, -0.2) is 29.5 Å². The molecule has 0 radical (unpaired) electrons. The number of hydrogen-bond donors (Lipinski definition) is 1. The molecule has 0 aliphatic rings. The standard InChI is InChI=1S/C13H28N2S/c1-3-5-11-15(12-6-4-2)13(16)9-7-8-10-14/h3-12,14H2,1-2H3. The molecular weight excluding hydrogens is 216 g/mol. The highest BCUT2D eigenvalue weighted by atomic mass is 32.1. The van der Waals surface area contributed by atoms with Crippen molar-refractivity contribution in [3.05, 3.63) is 0 Å². The van der Waals surface area contributed by atoms with E-state index >= 15 is 0 Å². The second-order valence-electron chi connectivity index (χ2n) is 4.33. The van der Waals surface area contributed by atoms with Gasteiger partial charge in [0.2, 0.25) is 0 Å². The molecule has 0 aliphatic carbocycles. The van der Waals surface area contributed by atoms with Crippen molar-refractivity contribution in [1.82, 2.24) is 4.90 Å². The van der Waals surface area contributed by atoms with Crippen molar-refractivity contribution in [2.24, 2.45) is 5.73 Å². The molecule has 2 nitrogen and oxygen atoms in total. The number of nitrogens with two attached hydrogens (primary N) is 1. The molecule has 0 saturated heterocycles. The number of nitrogens with zero attached hydrogens (tertiary/aromatic N) is 1. The van der Waals surface area contributed by atoms with Gasteiger partial charge in [0.15, 0.2) is 0 Å². The van der Waals surface area contributed by atoms with E-state index in [2.05, 4.69) is 18.7 Å². The molecule has 0 aromatic heterocycles. The molecule has 2 N–H and O–H groups in total. The molecule has 0 aromatic carbocycles. The molecule has 0 aliphatic heterocycles. The SMILES string of the molecule is CCCCN(CCCC)C(=S)CCCCN. The third-order valence-electron chi connectivity index (χ3n) is 2.76. The van der Waals surface area contributed by atoms with Gasteiger partial charge in [0.1, 0.15) is 0 Å². The third kappa shape index (κ3) is 8.05. The summed E-state index contributed by atoms with van der Waals surface area (Å²) in [5.74, 6) is 0. The molecule has 0 bridgehead atoms. The summed E-state index contributed by atoms with van der Waals surface area (Å²) in [5, 5.41) is 0. The van der Waals surface area contributed by atoms with Crippen LogP contribution in [0.2, 0.25) is 0 Å². The predicted octanol–water partition coefficient (Wildman–Crippen LogP) is 3.35. The lowest BCUT2D eigenvalue weighted by atomic mass is 10.2. The van der Waals surface area contributed by atoms with Crippen molar-refractivity contribution in [3.8, 4) is 0 Å². The van der Waals surface area contributed by atoms with Gasteiger partial charge >= 0.3 is 0 Å². The van der Waals surface area contributed by atoms with E-state index in [9.17, 15) is 0 Å². The van der Waals surface area contributed by atoms with Crippen LogP contribution in [0.1, 0.15) is 58.8 Å². The maximum Gasteiger partial charge on any atom is 0.0779 e. The van der Waals surface area contributed by atoms with Crippen LogP contribution in [0.3, 0.4) is 0 Å². The van der Waals surface area contributed by atoms with Crippen LogP contribution in [0, 0.1) is 0 Å². The molecule has 3 heteroatoms. The Hall–Kier alpha value is -0.150. The Bertz CT molecular complexity index is 163. The fraction of sp³-hybridized carbons (Fsp3) is 0.923. The van der Waals surface area contributed by atoms with Gasteiger partial charge in [-0.25, -0.2) is 0 Å². The van der Waals surface area contributed by atoms with Gasteiger partial charge in [-0.1, -0.05) is 38.9 Å². The largest absolute Gasteiger partial charge is 0.366 e. The Morgan fingerprint density at radius 3 is 2.00 bits per heavy atom. The normalized spacial score (nSPS) is 10.4. The van der Waals surface area contributed by atoms with E-state index in [-0.39, 0.29) is 0 Å². The van der Waals surface area contributed by atoms with E-state index in [0.717, 1.165) is 43.9 Å². The van der Waals surface area contributed by atoms with Crippen LogP contribution in [0.4, 0.5) is 0 Å². The molecule has 0 spiro atoms. The molecule has 96 valence electrons. The molecule has 16 heavy (non-hydrogen) atoms. The van der Waals surface area contributed by atoms with E-state index in [0.29, 0.717) is 0 Å². The van der Waals surface area contributed by atoms with Gasteiger partial charge in [-0.3, -0.25) is 0 Å². The summed E-state index contributed by atoms with van der Waals surface area (Å²) in [4.78, 5) is 3.55. The van der Waals surface area contributed by atoms with E-state index in [4.69, 9.17) is 18.0 Å². The summed E-state index contributed by atoms with van der Waals surface area (Å²) < 4.78 is 0. The van der Waals surface area contributed by atoms with Gasteiger partial charge in [0, 0.05) is 13.1 Å². The van der Waals surface area contributed by atoms with Crippen LogP contribution in [0.25, 0.3) is 0 Å². The highest BCUT2D eigenvalue weighted by molar-refractivity contribution is 7.80. The van der Waals surface area contributed by atoms with E-state index in [1.807, 2.05) is 0 Å². The van der Waals surface area contributed by atoms with Crippen LogP contribution in [0.5, 0.6) is 0 Å². The molecule has 0 unspecified atom stereocenters. The van der Waals surface area contributed by atoms with Crippen molar-refractivity contribution in [2.45, 2.75) is 58.8 Å². The fourth-order valence-electron chi connectivity index (χ4n) is 1.64. The van der Waals surface area contributed by atoms with Gasteiger partial charge in [0.05, 0.1) is 4.99 Å². The molecule has 0 atom stereocenters. The van der Waals surface area contributed by atoms with Crippen LogP contribution in [-0.2, 0) is 0 Å². The van der Waals surface area contributed by atoms with Gasteiger partial charge in [-0.05, 0) is 38.6 Å². The first-order valence-electron chi connectivity index (χ1n) is 6.74. The number of hydrogen-bond acceptors (Lipinski definition) is 2. The van der Waals surface area contributed by atoms with Crippen LogP contribution >= 0.6 is 12.2 Å². The molecule has 0 heterocycles. The van der Waals surface area contributed by atoms with Crippen LogP contribution in [0.15, 0.2) is 0 Å². The molecule has 0 saturated carbocycles. The topological polar surface area (TPSA) is 29.3 Å². The zero-order valence-electron chi connectivity index (χ0n) is 11.0. The minimum absolute atomic E-state index is 0.784. The van der Waals surface area contributed by atoms with Crippen molar-refractivity contribution in [1.29, 1.82) is 0 Å². The lowest BCUT2D eigenvalue weighted by molar-refractivity contribution is 0.396. The second kappa shape index (κ2) is 11.3. The van der Waals surface area contributed by atoms with E-state index in [1.54, 1.807) is 0 Å². The number of unbranched alkanes of at least 4 members (excludes halogenated alkanes) is 3. The predicted molar refractivity (Wildman–Crippen MR) is 76.9 cm³/mol. The van der Waals surface area contributed by atoms with Gasteiger partial charge in [0.25, 0.3) is 0 Å². The monoisotopic (exact) mass is 244 g/mol. The first-order valence-corrected chi connectivity index (χ1v) is 7.14. The van der Waals surface area contributed by atoms with Crippen molar-refractivity contribution < 1.29 is 0 Å². The molecule has 0 amide bonds. The molecule has 0 fully saturated rings. The quantitative estimate of drug-likeness (QED) is 0.472. The molecule has 0 rings (SSSR count). The summed E-state index contributed by atoms with van der Waals surface area (Å²) in [7, 11) is 0. The lowest BCUT2D eigenvalue weighted by Gasteiger charge is -2.25. The first-order chi connectivity index (χ1) is 7.76. The minimum Gasteiger partial charge on any atom is -0.366 e. The van der Waals surface area contributed by atoms with Crippen molar-refractivity contribution in [3.63, 3.8) is 0 Å². The smallest absolute Gasteiger partial charge is 0.0779 e. The summed E-state index contributed by atoms with van der Waals surface area (Å²) in [6.45, 7) is 7.52. The Morgan fingerprint density at radius 1 is 1.00 bits per heavy atom. The van der Waals surface area contributed by atoms with Crippen molar-refractivity contribution in [2.75, 3.05) is 19.6 Å². The number of rotatable bonds is 10. The fourth-order valence-corrected chi connectivity index (χ4v) is 1.96. The average molecular weight is 244 g/mol. The lowest BCUT2D eigenvalue weighted by Crippen LogP contribution is -2.31. The second-order valence-corrected chi connectivity index (χ2v) is 4.80. The van der Waals surface area contributed by atoms with E-state index < -0.39 is 0 Å². The van der Waals surface area contributed by atoms with Gasteiger partial charge in [-0.2, -0.15) is 0 Å². The van der Waals surface area contributed by atoms with Crippen molar-refractivity contribution >= 4 is 17.2 Å². The summed E-state index contributed by atoms with van der Waals surface area (Å²) in [6.07, 6.45) is 8.27. The van der Waals surface area contributed by atoms with E-state index in [1.165, 1.54) is 25.7 Å². The zero-order chi connectivity index (χ0) is 12.2. The molecule has 0 aromatic rings.